The van der Waals surface area contributed by atoms with Gasteiger partial charge in [0.25, 0.3) is 5.56 Å². The van der Waals surface area contributed by atoms with Gasteiger partial charge in [0.15, 0.2) is 0 Å². The monoisotopic (exact) mass is 411 g/mol. The average molecular weight is 413 g/mol. The van der Waals surface area contributed by atoms with Gasteiger partial charge in [0.05, 0.1) is 6.04 Å². The van der Waals surface area contributed by atoms with Crippen molar-refractivity contribution in [1.29, 1.82) is 0 Å². The van der Waals surface area contributed by atoms with Crippen molar-refractivity contribution in [3.05, 3.63) is 68.0 Å². The van der Waals surface area contributed by atoms with E-state index in [1.807, 2.05) is 31.2 Å². The average Bonchev–Trinajstić information content (AvgIpc) is 2.47. The molecule has 23 heavy (non-hydrogen) atoms. The van der Waals surface area contributed by atoms with E-state index in [0.29, 0.717) is 16.4 Å². The normalized spacial score (nSPS) is 11.8. The maximum atomic E-state index is 12.3. The molecule has 2 heterocycles. The Morgan fingerprint density at radius 3 is 2.78 bits per heavy atom. The molecule has 0 spiro atoms. The van der Waals surface area contributed by atoms with Gasteiger partial charge < -0.3 is 10.3 Å². The molecule has 0 aliphatic heterocycles. The molecule has 0 saturated carbocycles. The van der Waals surface area contributed by atoms with Gasteiger partial charge in [-0.1, -0.05) is 27.5 Å². The maximum absolute atomic E-state index is 12.3. The van der Waals surface area contributed by atoms with Crippen LogP contribution in [0.5, 0.6) is 0 Å². The number of aromatic nitrogens is 2. The van der Waals surface area contributed by atoms with Gasteiger partial charge in [-0.3, -0.25) is 4.79 Å². The minimum absolute atomic E-state index is 0. The Balaban J connectivity index is 0.00000192. The summed E-state index contributed by atoms with van der Waals surface area (Å²) in [6.45, 7) is 1.92. The van der Waals surface area contributed by atoms with Crippen LogP contribution in [-0.2, 0) is 0 Å². The van der Waals surface area contributed by atoms with E-state index in [0.717, 1.165) is 15.4 Å². The standard InChI is InChI=1S/C16H13BrClN3O.H2S/c1-9(20-15-8-11(17)4-5-19-15)13-7-10-6-12(18)2-3-14(10)21-16(13)22;/h2-9H,1H3,(H,19,20)(H,21,22);1H2/t9-;/m0./s1. The quantitative estimate of drug-likeness (QED) is 0.659. The lowest BCUT2D eigenvalue weighted by molar-refractivity contribution is 0.857. The maximum Gasteiger partial charge on any atom is 0.253 e. The van der Waals surface area contributed by atoms with Crippen LogP contribution in [0.1, 0.15) is 18.5 Å². The first-order valence-electron chi connectivity index (χ1n) is 6.73. The molecule has 3 aromatic rings. The minimum Gasteiger partial charge on any atom is -0.363 e. The Bertz CT molecular complexity index is 900. The van der Waals surface area contributed by atoms with Gasteiger partial charge in [-0.2, -0.15) is 13.5 Å². The molecule has 3 rings (SSSR count). The van der Waals surface area contributed by atoms with Crippen LogP contribution in [-0.4, -0.2) is 9.97 Å². The fraction of sp³-hybridized carbons (Fsp3) is 0.125. The molecular formula is C16H15BrClN3OS. The van der Waals surface area contributed by atoms with Crippen molar-refractivity contribution >= 4 is 57.7 Å². The van der Waals surface area contributed by atoms with Crippen LogP contribution in [0, 0.1) is 0 Å². The van der Waals surface area contributed by atoms with Gasteiger partial charge in [-0.15, -0.1) is 0 Å². The second-order valence-electron chi connectivity index (χ2n) is 5.01. The van der Waals surface area contributed by atoms with Crippen LogP contribution in [0.4, 0.5) is 5.82 Å². The summed E-state index contributed by atoms with van der Waals surface area (Å²) in [5.74, 6) is 0.701. The predicted octanol–water partition coefficient (Wildman–Crippen LogP) is 4.62. The van der Waals surface area contributed by atoms with Crippen molar-refractivity contribution in [1.82, 2.24) is 9.97 Å². The van der Waals surface area contributed by atoms with Gasteiger partial charge in [0.1, 0.15) is 5.82 Å². The van der Waals surface area contributed by atoms with E-state index in [2.05, 4.69) is 31.2 Å². The zero-order valence-electron chi connectivity index (χ0n) is 12.2. The lowest BCUT2D eigenvalue weighted by Gasteiger charge is -2.15. The zero-order chi connectivity index (χ0) is 15.7. The van der Waals surface area contributed by atoms with Crippen molar-refractivity contribution in [3.63, 3.8) is 0 Å². The number of H-pyrrole nitrogens is 1. The zero-order valence-corrected chi connectivity index (χ0v) is 15.6. The van der Waals surface area contributed by atoms with Crippen LogP contribution in [0.25, 0.3) is 10.9 Å². The Morgan fingerprint density at radius 1 is 1.26 bits per heavy atom. The highest BCUT2D eigenvalue weighted by Gasteiger charge is 2.12. The molecule has 0 fully saturated rings. The summed E-state index contributed by atoms with van der Waals surface area (Å²) in [5.41, 5.74) is 1.28. The van der Waals surface area contributed by atoms with E-state index in [-0.39, 0.29) is 25.1 Å². The molecule has 0 saturated heterocycles. The van der Waals surface area contributed by atoms with Crippen LogP contribution in [0.3, 0.4) is 0 Å². The molecule has 0 unspecified atom stereocenters. The van der Waals surface area contributed by atoms with Crippen LogP contribution in [0.2, 0.25) is 5.02 Å². The van der Waals surface area contributed by atoms with Gasteiger partial charge in [-0.25, -0.2) is 4.98 Å². The highest BCUT2D eigenvalue weighted by molar-refractivity contribution is 9.10. The van der Waals surface area contributed by atoms with E-state index >= 15 is 0 Å². The van der Waals surface area contributed by atoms with E-state index in [1.165, 1.54) is 0 Å². The smallest absolute Gasteiger partial charge is 0.253 e. The molecule has 0 aliphatic rings. The van der Waals surface area contributed by atoms with Gasteiger partial charge in [0.2, 0.25) is 0 Å². The highest BCUT2D eigenvalue weighted by Crippen LogP contribution is 2.22. The van der Waals surface area contributed by atoms with Crippen molar-refractivity contribution in [2.24, 2.45) is 0 Å². The molecule has 2 aromatic heterocycles. The van der Waals surface area contributed by atoms with Crippen LogP contribution < -0.4 is 10.9 Å². The molecule has 0 aliphatic carbocycles. The molecule has 0 radical (unpaired) electrons. The molecule has 0 bridgehead atoms. The van der Waals surface area contributed by atoms with E-state index < -0.39 is 0 Å². The number of fused-ring (bicyclic) bond motifs is 1. The molecule has 7 heteroatoms. The van der Waals surface area contributed by atoms with Crippen molar-refractivity contribution in [3.8, 4) is 0 Å². The summed E-state index contributed by atoms with van der Waals surface area (Å²) in [6, 6.07) is 10.8. The Morgan fingerprint density at radius 2 is 2.04 bits per heavy atom. The Hall–Kier alpha value is -1.50. The largest absolute Gasteiger partial charge is 0.363 e. The molecule has 120 valence electrons. The lowest BCUT2D eigenvalue weighted by Crippen LogP contribution is -2.19. The fourth-order valence-electron chi connectivity index (χ4n) is 2.30. The van der Waals surface area contributed by atoms with E-state index in [4.69, 9.17) is 11.6 Å². The van der Waals surface area contributed by atoms with E-state index in [1.54, 1.807) is 18.3 Å². The molecular weight excluding hydrogens is 398 g/mol. The van der Waals surface area contributed by atoms with Gasteiger partial charge in [-0.05, 0) is 43.3 Å². The first-order chi connectivity index (χ1) is 10.5. The molecule has 1 aromatic carbocycles. The van der Waals surface area contributed by atoms with Crippen molar-refractivity contribution in [2.45, 2.75) is 13.0 Å². The predicted molar refractivity (Wildman–Crippen MR) is 104 cm³/mol. The summed E-state index contributed by atoms with van der Waals surface area (Å²) >= 11 is 9.42. The number of anilines is 1. The van der Waals surface area contributed by atoms with E-state index in [9.17, 15) is 4.79 Å². The summed E-state index contributed by atoms with van der Waals surface area (Å²) < 4.78 is 0.927. The third kappa shape index (κ3) is 4.07. The first kappa shape index (κ1) is 17.8. The Labute approximate surface area is 153 Å². The molecule has 4 nitrogen and oxygen atoms in total. The topological polar surface area (TPSA) is 57.8 Å². The summed E-state index contributed by atoms with van der Waals surface area (Å²) in [7, 11) is 0. The molecule has 2 N–H and O–H groups in total. The number of aromatic amines is 1. The number of nitrogens with one attached hydrogen (secondary N) is 2. The highest BCUT2D eigenvalue weighted by atomic mass is 79.9. The first-order valence-corrected chi connectivity index (χ1v) is 7.90. The third-order valence-corrected chi connectivity index (χ3v) is 4.12. The second kappa shape index (κ2) is 7.38. The number of pyridine rings is 2. The number of rotatable bonds is 3. The minimum atomic E-state index is -0.186. The fourth-order valence-corrected chi connectivity index (χ4v) is 2.81. The summed E-state index contributed by atoms with van der Waals surface area (Å²) in [4.78, 5) is 19.4. The van der Waals surface area contributed by atoms with Crippen molar-refractivity contribution in [2.75, 3.05) is 5.32 Å². The van der Waals surface area contributed by atoms with Crippen LogP contribution in [0.15, 0.2) is 51.9 Å². The van der Waals surface area contributed by atoms with Gasteiger partial charge in [0, 0.05) is 32.2 Å². The SMILES string of the molecule is C[C@H](Nc1cc(Br)ccn1)c1cc2cc(Cl)ccc2[nH]c1=O.S. The molecule has 0 amide bonds. The Kier molecular flexibility index (Phi) is 5.73. The number of hydrogen-bond donors (Lipinski definition) is 2. The molecule has 1 atom stereocenters. The number of nitrogens with zero attached hydrogens (tertiary/aromatic N) is 1. The third-order valence-electron chi connectivity index (χ3n) is 3.39. The lowest BCUT2D eigenvalue weighted by atomic mass is 10.1. The summed E-state index contributed by atoms with van der Waals surface area (Å²) in [6.07, 6.45) is 1.70. The van der Waals surface area contributed by atoms with Crippen molar-refractivity contribution < 1.29 is 0 Å². The second-order valence-corrected chi connectivity index (χ2v) is 6.36. The summed E-state index contributed by atoms with van der Waals surface area (Å²) in [5, 5.41) is 4.76. The number of halogens is 2. The van der Waals surface area contributed by atoms with Crippen LogP contribution >= 0.6 is 41.0 Å². The number of benzene rings is 1. The van der Waals surface area contributed by atoms with Gasteiger partial charge >= 0.3 is 0 Å². The number of hydrogen-bond acceptors (Lipinski definition) is 3.